The number of rotatable bonds is 7. The molecule has 6 heteroatoms. The highest BCUT2D eigenvalue weighted by atomic mass is 16.2. The van der Waals surface area contributed by atoms with Crippen LogP contribution in [-0.4, -0.2) is 32.3 Å². The molecule has 0 unspecified atom stereocenters. The van der Waals surface area contributed by atoms with Crippen molar-refractivity contribution in [1.82, 2.24) is 19.8 Å². The molecule has 1 atom stereocenters. The van der Waals surface area contributed by atoms with Crippen LogP contribution in [0.1, 0.15) is 48.4 Å². The highest BCUT2D eigenvalue weighted by Gasteiger charge is 2.35. The number of carbonyl (C=O) groups is 2. The monoisotopic (exact) mass is 340 g/mol. The van der Waals surface area contributed by atoms with Gasteiger partial charge < -0.3 is 14.8 Å². The molecule has 0 saturated heterocycles. The third-order valence-corrected chi connectivity index (χ3v) is 4.60. The molecule has 2 aromatic rings. The Bertz CT molecular complexity index is 768. The molecule has 2 heterocycles. The van der Waals surface area contributed by atoms with Gasteiger partial charge in [-0.1, -0.05) is 32.0 Å². The standard InChI is InChI=1S/C19H24N4O2/c1-3-10-22-11-9-20-17(22)12-21-18(24)16(4-2)23-13-14-7-5-6-8-15(14)19(23)25/h5-9,11,16H,3-4,10,12-13H2,1-2H3,(H,21,24)/t16-/m0/s1. The quantitative estimate of drug-likeness (QED) is 0.841. The fraction of sp³-hybridized carbons (Fsp3) is 0.421. The summed E-state index contributed by atoms with van der Waals surface area (Å²) in [6.07, 6.45) is 5.25. The number of hydrogen-bond donors (Lipinski definition) is 1. The van der Waals surface area contributed by atoms with E-state index in [-0.39, 0.29) is 11.8 Å². The van der Waals surface area contributed by atoms with E-state index in [1.165, 1.54) is 0 Å². The van der Waals surface area contributed by atoms with Gasteiger partial charge in [0.15, 0.2) is 0 Å². The summed E-state index contributed by atoms with van der Waals surface area (Å²) in [6.45, 7) is 5.77. The number of aryl methyl sites for hydroxylation is 1. The molecule has 3 rings (SSSR count). The van der Waals surface area contributed by atoms with Crippen molar-refractivity contribution < 1.29 is 9.59 Å². The largest absolute Gasteiger partial charge is 0.347 e. The highest BCUT2D eigenvalue weighted by Crippen LogP contribution is 2.25. The Kier molecular flexibility index (Phi) is 5.16. The highest BCUT2D eigenvalue weighted by molar-refractivity contribution is 6.01. The van der Waals surface area contributed by atoms with Crippen molar-refractivity contribution in [1.29, 1.82) is 0 Å². The van der Waals surface area contributed by atoms with E-state index in [9.17, 15) is 9.59 Å². The van der Waals surface area contributed by atoms with Gasteiger partial charge in [0.2, 0.25) is 5.91 Å². The van der Waals surface area contributed by atoms with Gasteiger partial charge in [0.25, 0.3) is 5.91 Å². The summed E-state index contributed by atoms with van der Waals surface area (Å²) in [5, 5.41) is 2.94. The summed E-state index contributed by atoms with van der Waals surface area (Å²) >= 11 is 0. The van der Waals surface area contributed by atoms with Crippen molar-refractivity contribution >= 4 is 11.8 Å². The topological polar surface area (TPSA) is 67.2 Å². The van der Waals surface area contributed by atoms with Crippen molar-refractivity contribution in [3.63, 3.8) is 0 Å². The number of carbonyl (C=O) groups excluding carboxylic acids is 2. The molecule has 25 heavy (non-hydrogen) atoms. The molecular weight excluding hydrogens is 316 g/mol. The van der Waals surface area contributed by atoms with Gasteiger partial charge in [0.05, 0.1) is 6.54 Å². The fourth-order valence-electron chi connectivity index (χ4n) is 3.31. The van der Waals surface area contributed by atoms with Crippen molar-refractivity contribution in [3.8, 4) is 0 Å². The van der Waals surface area contributed by atoms with Gasteiger partial charge in [0.1, 0.15) is 11.9 Å². The molecule has 132 valence electrons. The average Bonchev–Trinajstić information content (AvgIpc) is 3.19. The second-order valence-electron chi connectivity index (χ2n) is 6.27. The number of hydrogen-bond acceptors (Lipinski definition) is 3. The van der Waals surface area contributed by atoms with Crippen molar-refractivity contribution in [2.75, 3.05) is 0 Å². The molecule has 1 N–H and O–H groups in total. The number of imidazole rings is 1. The van der Waals surface area contributed by atoms with E-state index in [0.29, 0.717) is 25.1 Å². The minimum atomic E-state index is -0.463. The Labute approximate surface area is 147 Å². The first-order valence-electron chi connectivity index (χ1n) is 8.82. The van der Waals surface area contributed by atoms with Gasteiger partial charge in [0, 0.05) is 31.0 Å². The zero-order chi connectivity index (χ0) is 17.8. The van der Waals surface area contributed by atoms with E-state index < -0.39 is 6.04 Å². The number of nitrogens with one attached hydrogen (secondary N) is 1. The Balaban J connectivity index is 1.66. The molecular formula is C19H24N4O2. The van der Waals surface area contributed by atoms with Crippen LogP contribution in [0.15, 0.2) is 36.7 Å². The predicted octanol–water partition coefficient (Wildman–Crippen LogP) is 2.34. The van der Waals surface area contributed by atoms with E-state index in [1.807, 2.05) is 42.0 Å². The number of fused-ring (bicyclic) bond motifs is 1. The number of aromatic nitrogens is 2. The van der Waals surface area contributed by atoms with Crippen LogP contribution in [0.3, 0.4) is 0 Å². The molecule has 0 aliphatic carbocycles. The summed E-state index contributed by atoms with van der Waals surface area (Å²) in [6, 6.07) is 7.08. The Hall–Kier alpha value is -2.63. The molecule has 1 aliphatic heterocycles. The SMILES string of the molecule is CCCn1ccnc1CNC(=O)[C@H](CC)N1Cc2ccccc2C1=O. The van der Waals surface area contributed by atoms with Gasteiger partial charge in [-0.2, -0.15) is 0 Å². The summed E-state index contributed by atoms with van der Waals surface area (Å²) in [4.78, 5) is 31.3. The molecule has 1 aromatic carbocycles. The minimum Gasteiger partial charge on any atom is -0.347 e. The van der Waals surface area contributed by atoms with Crippen LogP contribution in [0.2, 0.25) is 0 Å². The summed E-state index contributed by atoms with van der Waals surface area (Å²) in [5.74, 6) is 0.640. The molecule has 0 spiro atoms. The minimum absolute atomic E-state index is 0.0647. The first-order valence-corrected chi connectivity index (χ1v) is 8.82. The first-order chi connectivity index (χ1) is 12.2. The van der Waals surface area contributed by atoms with E-state index >= 15 is 0 Å². The third kappa shape index (κ3) is 3.43. The van der Waals surface area contributed by atoms with Crippen LogP contribution in [0, 0.1) is 0 Å². The normalized spacial score (nSPS) is 14.5. The van der Waals surface area contributed by atoms with Gasteiger partial charge in [-0.25, -0.2) is 4.98 Å². The van der Waals surface area contributed by atoms with Crippen LogP contribution >= 0.6 is 0 Å². The molecule has 0 saturated carbocycles. The molecule has 6 nitrogen and oxygen atoms in total. The lowest BCUT2D eigenvalue weighted by atomic mass is 10.1. The van der Waals surface area contributed by atoms with Crippen LogP contribution in [0.5, 0.6) is 0 Å². The maximum absolute atomic E-state index is 12.7. The van der Waals surface area contributed by atoms with Crippen molar-refractivity contribution in [3.05, 3.63) is 53.6 Å². The molecule has 2 amide bonds. The van der Waals surface area contributed by atoms with Gasteiger partial charge in [-0.3, -0.25) is 9.59 Å². The zero-order valence-corrected chi connectivity index (χ0v) is 14.7. The second-order valence-corrected chi connectivity index (χ2v) is 6.27. The second kappa shape index (κ2) is 7.51. The molecule has 0 bridgehead atoms. The summed E-state index contributed by atoms with van der Waals surface area (Å²) < 4.78 is 2.04. The predicted molar refractivity (Wildman–Crippen MR) is 94.8 cm³/mol. The third-order valence-electron chi connectivity index (χ3n) is 4.60. The number of amides is 2. The van der Waals surface area contributed by atoms with Crippen LogP contribution in [-0.2, 0) is 24.4 Å². The zero-order valence-electron chi connectivity index (χ0n) is 14.7. The average molecular weight is 340 g/mol. The maximum Gasteiger partial charge on any atom is 0.255 e. The maximum atomic E-state index is 12.7. The van der Waals surface area contributed by atoms with Crippen LogP contribution < -0.4 is 5.32 Å². The van der Waals surface area contributed by atoms with Gasteiger partial charge in [-0.15, -0.1) is 0 Å². The molecule has 1 aromatic heterocycles. The summed E-state index contributed by atoms with van der Waals surface area (Å²) in [5.41, 5.74) is 1.68. The molecule has 0 radical (unpaired) electrons. The first kappa shape index (κ1) is 17.2. The van der Waals surface area contributed by atoms with Crippen LogP contribution in [0.4, 0.5) is 0 Å². The Morgan fingerprint density at radius 1 is 1.32 bits per heavy atom. The van der Waals surface area contributed by atoms with E-state index in [0.717, 1.165) is 24.4 Å². The van der Waals surface area contributed by atoms with Crippen molar-refractivity contribution in [2.45, 2.75) is 52.4 Å². The van der Waals surface area contributed by atoms with E-state index in [2.05, 4.69) is 17.2 Å². The Morgan fingerprint density at radius 3 is 2.84 bits per heavy atom. The van der Waals surface area contributed by atoms with Crippen molar-refractivity contribution in [2.24, 2.45) is 0 Å². The Morgan fingerprint density at radius 2 is 2.12 bits per heavy atom. The van der Waals surface area contributed by atoms with E-state index in [4.69, 9.17) is 0 Å². The molecule has 1 aliphatic rings. The lowest BCUT2D eigenvalue weighted by Crippen LogP contribution is -2.46. The smallest absolute Gasteiger partial charge is 0.255 e. The van der Waals surface area contributed by atoms with Crippen LogP contribution in [0.25, 0.3) is 0 Å². The molecule has 0 fully saturated rings. The number of nitrogens with zero attached hydrogens (tertiary/aromatic N) is 3. The lowest BCUT2D eigenvalue weighted by molar-refractivity contribution is -0.126. The van der Waals surface area contributed by atoms with Gasteiger partial charge >= 0.3 is 0 Å². The van der Waals surface area contributed by atoms with E-state index in [1.54, 1.807) is 11.1 Å². The fourth-order valence-corrected chi connectivity index (χ4v) is 3.31. The van der Waals surface area contributed by atoms with Gasteiger partial charge in [-0.05, 0) is 24.5 Å². The summed E-state index contributed by atoms with van der Waals surface area (Å²) in [7, 11) is 0. The lowest BCUT2D eigenvalue weighted by Gasteiger charge is -2.25. The number of benzene rings is 1.